The minimum absolute atomic E-state index is 0.0141. The smallest absolute Gasteiger partial charge is 0.242 e. The van der Waals surface area contributed by atoms with Gasteiger partial charge in [0, 0.05) is 22.9 Å². The molecule has 0 aliphatic carbocycles. The molecule has 1 aromatic heterocycles. The maximum Gasteiger partial charge on any atom is 0.242 e. The highest BCUT2D eigenvalue weighted by Gasteiger charge is 2.21. The largest absolute Gasteiger partial charge is 0.317 e. The van der Waals surface area contributed by atoms with E-state index in [1.54, 1.807) is 12.3 Å². The Morgan fingerprint density at radius 1 is 1.35 bits per heavy atom. The fourth-order valence-corrected chi connectivity index (χ4v) is 3.58. The third kappa shape index (κ3) is 3.48. The van der Waals surface area contributed by atoms with E-state index >= 15 is 0 Å². The van der Waals surface area contributed by atoms with Crippen molar-refractivity contribution in [1.82, 2.24) is 15.0 Å². The third-order valence-corrected chi connectivity index (χ3v) is 4.57. The van der Waals surface area contributed by atoms with Crippen molar-refractivity contribution in [2.75, 3.05) is 13.1 Å². The molecule has 2 rings (SSSR count). The van der Waals surface area contributed by atoms with E-state index < -0.39 is 10.0 Å². The number of nitrogens with zero attached hydrogens (tertiary/aromatic N) is 1. The number of halogens is 1. The van der Waals surface area contributed by atoms with E-state index in [1.165, 1.54) is 6.20 Å². The molecule has 0 spiro atoms. The van der Waals surface area contributed by atoms with Gasteiger partial charge in [0.1, 0.15) is 4.90 Å². The van der Waals surface area contributed by atoms with Crippen LogP contribution in [0.15, 0.2) is 27.8 Å². The second-order valence-corrected chi connectivity index (χ2v) is 6.61. The van der Waals surface area contributed by atoms with Gasteiger partial charge >= 0.3 is 0 Å². The summed E-state index contributed by atoms with van der Waals surface area (Å²) in [6.07, 6.45) is 4.55. The predicted octanol–water partition coefficient (Wildman–Crippen LogP) is 0.874. The van der Waals surface area contributed by atoms with Gasteiger partial charge in [0.15, 0.2) is 0 Å². The van der Waals surface area contributed by atoms with Crippen LogP contribution in [0.5, 0.6) is 0 Å². The molecular formula is C10H14BrN3O2S. The summed E-state index contributed by atoms with van der Waals surface area (Å²) in [5.74, 6) is 0. The highest BCUT2D eigenvalue weighted by Crippen LogP contribution is 2.15. The molecule has 2 N–H and O–H groups in total. The van der Waals surface area contributed by atoms with Crippen LogP contribution < -0.4 is 10.0 Å². The van der Waals surface area contributed by atoms with Crippen molar-refractivity contribution in [3.63, 3.8) is 0 Å². The number of hydrogen-bond acceptors (Lipinski definition) is 4. The molecule has 0 radical (unpaired) electrons. The number of aromatic nitrogens is 1. The Balaban J connectivity index is 2.13. The first-order chi connectivity index (χ1) is 8.08. The van der Waals surface area contributed by atoms with Crippen LogP contribution in [0.1, 0.15) is 12.8 Å². The van der Waals surface area contributed by atoms with Crippen molar-refractivity contribution in [3.8, 4) is 0 Å². The summed E-state index contributed by atoms with van der Waals surface area (Å²) in [6, 6.07) is 1.57. The molecule has 1 aromatic rings. The van der Waals surface area contributed by atoms with Gasteiger partial charge in [0.05, 0.1) is 0 Å². The van der Waals surface area contributed by atoms with E-state index in [0.29, 0.717) is 4.47 Å². The molecule has 0 bridgehead atoms. The van der Waals surface area contributed by atoms with Gasteiger partial charge in [0.25, 0.3) is 0 Å². The van der Waals surface area contributed by atoms with Gasteiger partial charge in [-0.05, 0) is 47.9 Å². The summed E-state index contributed by atoms with van der Waals surface area (Å²) < 4.78 is 27.5. The van der Waals surface area contributed by atoms with Gasteiger partial charge < -0.3 is 5.32 Å². The normalized spacial score (nSPS) is 18.2. The number of hydrogen-bond donors (Lipinski definition) is 2. The van der Waals surface area contributed by atoms with Crippen molar-refractivity contribution in [2.45, 2.75) is 23.8 Å². The van der Waals surface area contributed by atoms with Gasteiger partial charge in [-0.3, -0.25) is 4.98 Å². The lowest BCUT2D eigenvalue weighted by Crippen LogP contribution is -2.42. The molecule has 0 aromatic carbocycles. The van der Waals surface area contributed by atoms with Crippen molar-refractivity contribution < 1.29 is 8.42 Å². The maximum atomic E-state index is 12.1. The van der Waals surface area contributed by atoms with Gasteiger partial charge in [0.2, 0.25) is 10.0 Å². The number of piperidine rings is 1. The van der Waals surface area contributed by atoms with Crippen molar-refractivity contribution in [2.24, 2.45) is 0 Å². The molecule has 94 valence electrons. The Hall–Kier alpha value is -0.500. The Morgan fingerprint density at radius 3 is 2.71 bits per heavy atom. The van der Waals surface area contributed by atoms with Crippen LogP contribution in [0.3, 0.4) is 0 Å². The van der Waals surface area contributed by atoms with Crippen LogP contribution in [-0.2, 0) is 10.0 Å². The molecule has 17 heavy (non-hydrogen) atoms. The SMILES string of the molecule is O=S(=O)(NC1CCNCC1)c1cncc(Br)c1. The minimum Gasteiger partial charge on any atom is -0.317 e. The highest BCUT2D eigenvalue weighted by molar-refractivity contribution is 9.10. The summed E-state index contributed by atoms with van der Waals surface area (Å²) >= 11 is 3.22. The zero-order valence-electron chi connectivity index (χ0n) is 9.19. The maximum absolute atomic E-state index is 12.1. The zero-order chi connectivity index (χ0) is 12.3. The summed E-state index contributed by atoms with van der Waals surface area (Å²) in [7, 11) is -3.45. The summed E-state index contributed by atoms with van der Waals surface area (Å²) in [5.41, 5.74) is 0. The number of sulfonamides is 1. The molecule has 1 saturated heterocycles. The van der Waals surface area contributed by atoms with Gasteiger partial charge in [-0.1, -0.05) is 0 Å². The number of nitrogens with one attached hydrogen (secondary N) is 2. The van der Waals surface area contributed by atoms with Gasteiger partial charge in [-0.25, -0.2) is 13.1 Å². The lowest BCUT2D eigenvalue weighted by molar-refractivity contribution is 0.427. The molecule has 2 heterocycles. The van der Waals surface area contributed by atoms with Crippen molar-refractivity contribution in [1.29, 1.82) is 0 Å². The molecule has 1 aliphatic heterocycles. The Kier molecular flexibility index (Phi) is 4.13. The second kappa shape index (κ2) is 5.43. The predicted molar refractivity (Wildman–Crippen MR) is 68.2 cm³/mol. The Labute approximate surface area is 109 Å². The fraction of sp³-hybridized carbons (Fsp3) is 0.500. The van der Waals surface area contributed by atoms with E-state index in [4.69, 9.17) is 0 Å². The minimum atomic E-state index is -3.45. The molecule has 1 aliphatic rings. The molecule has 0 atom stereocenters. The van der Waals surface area contributed by atoms with E-state index in [9.17, 15) is 8.42 Å². The van der Waals surface area contributed by atoms with Gasteiger partial charge in [-0.2, -0.15) is 0 Å². The second-order valence-electron chi connectivity index (χ2n) is 3.98. The standard InChI is InChI=1S/C10H14BrN3O2S/c11-8-5-10(7-13-6-8)17(15,16)14-9-1-3-12-4-2-9/h5-7,9,12,14H,1-4H2. The first-order valence-electron chi connectivity index (χ1n) is 5.41. The van der Waals surface area contributed by atoms with Crippen molar-refractivity contribution >= 4 is 26.0 Å². The molecule has 7 heteroatoms. The average molecular weight is 320 g/mol. The summed E-state index contributed by atoms with van der Waals surface area (Å²) in [4.78, 5) is 4.06. The monoisotopic (exact) mass is 319 g/mol. The average Bonchev–Trinajstić information content (AvgIpc) is 2.30. The highest BCUT2D eigenvalue weighted by atomic mass is 79.9. The molecule has 0 amide bonds. The van der Waals surface area contributed by atoms with Crippen LogP contribution >= 0.6 is 15.9 Å². The van der Waals surface area contributed by atoms with E-state index in [1.807, 2.05) is 0 Å². The molecule has 1 fully saturated rings. The lowest BCUT2D eigenvalue weighted by Gasteiger charge is -2.23. The van der Waals surface area contributed by atoms with Crippen LogP contribution in [0.25, 0.3) is 0 Å². The lowest BCUT2D eigenvalue weighted by atomic mass is 10.1. The molecular weight excluding hydrogens is 306 g/mol. The molecule has 0 saturated carbocycles. The molecule has 5 nitrogen and oxygen atoms in total. The van der Waals surface area contributed by atoms with Crippen LogP contribution in [-0.4, -0.2) is 32.5 Å². The Morgan fingerprint density at radius 2 is 2.06 bits per heavy atom. The van der Waals surface area contributed by atoms with E-state index in [0.717, 1.165) is 25.9 Å². The Bertz CT molecular complexity index is 486. The fourth-order valence-electron chi connectivity index (χ4n) is 1.77. The first kappa shape index (κ1) is 12.9. The third-order valence-electron chi connectivity index (χ3n) is 2.65. The van der Waals surface area contributed by atoms with Crippen LogP contribution in [0.2, 0.25) is 0 Å². The van der Waals surface area contributed by atoms with E-state index in [-0.39, 0.29) is 10.9 Å². The zero-order valence-corrected chi connectivity index (χ0v) is 11.6. The van der Waals surface area contributed by atoms with Gasteiger partial charge in [-0.15, -0.1) is 0 Å². The number of rotatable bonds is 3. The van der Waals surface area contributed by atoms with Crippen molar-refractivity contribution in [3.05, 3.63) is 22.9 Å². The summed E-state index contributed by atoms with van der Waals surface area (Å²) in [5, 5.41) is 3.19. The van der Waals surface area contributed by atoms with E-state index in [2.05, 4.69) is 31.0 Å². The summed E-state index contributed by atoms with van der Waals surface area (Å²) in [6.45, 7) is 1.70. The quantitative estimate of drug-likeness (QED) is 0.867. The van der Waals surface area contributed by atoms with Crippen LogP contribution in [0.4, 0.5) is 0 Å². The molecule has 0 unspecified atom stereocenters. The first-order valence-corrected chi connectivity index (χ1v) is 7.69. The van der Waals surface area contributed by atoms with Crippen LogP contribution in [0, 0.1) is 0 Å². The number of pyridine rings is 1. The topological polar surface area (TPSA) is 71.1 Å².